The second kappa shape index (κ2) is 6.13. The maximum atomic E-state index is 12.0. The van der Waals surface area contributed by atoms with Crippen LogP contribution in [-0.4, -0.2) is 37.0 Å². The first-order valence-corrected chi connectivity index (χ1v) is 6.27. The normalized spacial score (nSPS) is 17.9. The molecule has 0 saturated heterocycles. The summed E-state index contributed by atoms with van der Waals surface area (Å²) in [5.74, 6) is 0. The third-order valence-electron chi connectivity index (χ3n) is 3.14. The largest absolute Gasteiger partial charge is 0.522 e. The van der Waals surface area contributed by atoms with Crippen LogP contribution in [0, 0.1) is 0 Å². The minimum Gasteiger partial charge on any atom is -0.411 e. The van der Waals surface area contributed by atoms with E-state index in [0.717, 1.165) is 11.3 Å². The molecule has 1 N–H and O–H groups in total. The van der Waals surface area contributed by atoms with Crippen LogP contribution in [0.4, 0.5) is 18.9 Å². The van der Waals surface area contributed by atoms with Crippen LogP contribution in [0.2, 0.25) is 0 Å². The lowest BCUT2D eigenvalue weighted by Crippen LogP contribution is -2.30. The summed E-state index contributed by atoms with van der Waals surface area (Å²) in [5.41, 5.74) is 2.07. The molecule has 0 aromatic heterocycles. The van der Waals surface area contributed by atoms with E-state index in [2.05, 4.69) is 9.89 Å². The van der Waals surface area contributed by atoms with Gasteiger partial charge in [-0.3, -0.25) is 4.74 Å². The van der Waals surface area contributed by atoms with E-state index in [1.54, 1.807) is 24.3 Å². The number of anilines is 1. The molecule has 20 heavy (non-hydrogen) atoms. The van der Waals surface area contributed by atoms with Gasteiger partial charge in [-0.2, -0.15) is 0 Å². The number of hydrogen-bond acceptors (Lipinski definition) is 4. The number of alkyl halides is 3. The number of nitrogens with zero attached hydrogens (tertiary/aromatic N) is 2. The highest BCUT2D eigenvalue weighted by Gasteiger charge is 2.29. The van der Waals surface area contributed by atoms with Gasteiger partial charge in [0, 0.05) is 24.3 Å². The topological polar surface area (TPSA) is 45.1 Å². The smallest absolute Gasteiger partial charge is 0.411 e. The minimum absolute atomic E-state index is 0.134. The van der Waals surface area contributed by atoms with Gasteiger partial charge in [0.2, 0.25) is 0 Å². The zero-order valence-corrected chi connectivity index (χ0v) is 10.7. The zero-order valence-electron chi connectivity index (χ0n) is 10.7. The van der Waals surface area contributed by atoms with Gasteiger partial charge in [-0.15, -0.1) is 13.2 Å². The van der Waals surface area contributed by atoms with Gasteiger partial charge in [0.1, 0.15) is 0 Å². The number of hydrogen-bond donors (Lipinski definition) is 1. The number of oxime groups is 1. The number of ether oxygens (including phenoxy) is 1. The number of rotatable bonds is 3. The Bertz CT molecular complexity index is 489. The molecule has 110 valence electrons. The molecule has 0 saturated carbocycles. The van der Waals surface area contributed by atoms with Crippen molar-refractivity contribution in [3.8, 4) is 0 Å². The first-order chi connectivity index (χ1) is 9.51. The van der Waals surface area contributed by atoms with E-state index in [9.17, 15) is 13.2 Å². The fourth-order valence-electron chi connectivity index (χ4n) is 2.29. The molecule has 0 aliphatic carbocycles. The summed E-state index contributed by atoms with van der Waals surface area (Å²) in [4.78, 5) is 1.82. The summed E-state index contributed by atoms with van der Waals surface area (Å²) in [6.45, 7) is 0.302. The number of para-hydroxylation sites is 1. The Morgan fingerprint density at radius 1 is 1.30 bits per heavy atom. The maximum absolute atomic E-state index is 12.0. The molecule has 0 amide bonds. The van der Waals surface area contributed by atoms with Gasteiger partial charge < -0.3 is 10.1 Å². The summed E-state index contributed by atoms with van der Waals surface area (Å²) >= 11 is 0. The lowest BCUT2D eigenvalue weighted by molar-refractivity contribution is -0.323. The summed E-state index contributed by atoms with van der Waals surface area (Å²) in [6.07, 6.45) is -3.31. The van der Waals surface area contributed by atoms with Crippen LogP contribution in [0.25, 0.3) is 0 Å². The van der Waals surface area contributed by atoms with Crippen molar-refractivity contribution in [3.05, 3.63) is 29.8 Å². The first kappa shape index (κ1) is 14.6. The predicted octanol–water partition coefficient (Wildman–Crippen LogP) is 3.00. The highest BCUT2D eigenvalue weighted by atomic mass is 19.4. The minimum atomic E-state index is -4.61. The SMILES string of the molecule is O/N=C1/CCCN(CCOC(F)(F)F)c2ccccc21. The zero-order chi connectivity index (χ0) is 14.6. The van der Waals surface area contributed by atoms with E-state index >= 15 is 0 Å². The second-order valence-corrected chi connectivity index (χ2v) is 4.45. The van der Waals surface area contributed by atoms with E-state index in [1.807, 2.05) is 4.90 Å². The van der Waals surface area contributed by atoms with Crippen molar-refractivity contribution in [1.29, 1.82) is 0 Å². The molecule has 1 aromatic rings. The molecule has 0 radical (unpaired) electrons. The van der Waals surface area contributed by atoms with Crippen molar-refractivity contribution in [2.24, 2.45) is 5.16 Å². The van der Waals surface area contributed by atoms with E-state index < -0.39 is 13.0 Å². The van der Waals surface area contributed by atoms with Crippen molar-refractivity contribution < 1.29 is 23.1 Å². The molecule has 0 bridgehead atoms. The molecule has 2 rings (SSSR count). The average molecular weight is 288 g/mol. The fourth-order valence-corrected chi connectivity index (χ4v) is 2.29. The van der Waals surface area contributed by atoms with Crippen molar-refractivity contribution in [3.63, 3.8) is 0 Å². The predicted molar refractivity (Wildman–Crippen MR) is 68.2 cm³/mol. The molecule has 0 fully saturated rings. The van der Waals surface area contributed by atoms with Crippen LogP contribution in [0.3, 0.4) is 0 Å². The van der Waals surface area contributed by atoms with Gasteiger partial charge in [0.15, 0.2) is 0 Å². The summed E-state index contributed by atoms with van der Waals surface area (Å²) in [6, 6.07) is 7.21. The standard InChI is InChI=1S/C13H15F3N2O2/c14-13(15,16)20-9-8-18-7-3-5-11(17-19)10-4-1-2-6-12(10)18/h1-2,4,6,19H,3,5,7-9H2/b17-11-. The van der Waals surface area contributed by atoms with Crippen LogP contribution >= 0.6 is 0 Å². The van der Waals surface area contributed by atoms with Gasteiger partial charge in [-0.1, -0.05) is 23.4 Å². The molecule has 0 unspecified atom stereocenters. The van der Waals surface area contributed by atoms with Crippen molar-refractivity contribution in [2.75, 3.05) is 24.6 Å². The summed E-state index contributed by atoms with van der Waals surface area (Å²) in [5, 5.41) is 12.3. The van der Waals surface area contributed by atoms with Gasteiger partial charge in [-0.05, 0) is 18.9 Å². The molecule has 1 aliphatic rings. The van der Waals surface area contributed by atoms with Crippen LogP contribution in [0.15, 0.2) is 29.4 Å². The highest BCUT2D eigenvalue weighted by molar-refractivity contribution is 6.05. The second-order valence-electron chi connectivity index (χ2n) is 4.45. The Morgan fingerprint density at radius 3 is 2.75 bits per heavy atom. The number of halogens is 3. The van der Waals surface area contributed by atoms with E-state index in [-0.39, 0.29) is 6.54 Å². The molecule has 1 heterocycles. The van der Waals surface area contributed by atoms with Crippen molar-refractivity contribution in [1.82, 2.24) is 0 Å². The molecule has 0 spiro atoms. The fraction of sp³-hybridized carbons (Fsp3) is 0.462. The quantitative estimate of drug-likeness (QED) is 0.687. The lowest BCUT2D eigenvalue weighted by Gasteiger charge is -2.24. The van der Waals surface area contributed by atoms with Gasteiger partial charge in [0.05, 0.1) is 12.3 Å². The molecule has 0 atom stereocenters. The Hall–Kier alpha value is -1.76. The Kier molecular flexibility index (Phi) is 4.49. The third kappa shape index (κ3) is 3.63. The van der Waals surface area contributed by atoms with Gasteiger partial charge in [0.25, 0.3) is 0 Å². The molecule has 1 aromatic carbocycles. The van der Waals surface area contributed by atoms with Crippen LogP contribution < -0.4 is 4.90 Å². The van der Waals surface area contributed by atoms with Gasteiger partial charge >= 0.3 is 6.36 Å². The lowest BCUT2D eigenvalue weighted by atomic mass is 10.1. The van der Waals surface area contributed by atoms with Crippen LogP contribution in [0.5, 0.6) is 0 Å². The van der Waals surface area contributed by atoms with Crippen molar-refractivity contribution in [2.45, 2.75) is 19.2 Å². The van der Waals surface area contributed by atoms with E-state index in [4.69, 9.17) is 5.21 Å². The Morgan fingerprint density at radius 2 is 2.05 bits per heavy atom. The Labute approximate surface area is 114 Å². The number of fused-ring (bicyclic) bond motifs is 1. The number of benzene rings is 1. The average Bonchev–Trinajstić information content (AvgIpc) is 2.57. The van der Waals surface area contributed by atoms with Crippen molar-refractivity contribution >= 4 is 11.4 Å². The molecule has 4 nitrogen and oxygen atoms in total. The molecular formula is C13H15F3N2O2. The van der Waals surface area contributed by atoms with Crippen LogP contribution in [0.1, 0.15) is 18.4 Å². The van der Waals surface area contributed by atoms with Crippen LogP contribution in [-0.2, 0) is 4.74 Å². The molecular weight excluding hydrogens is 273 g/mol. The third-order valence-corrected chi connectivity index (χ3v) is 3.14. The Balaban J connectivity index is 2.14. The van der Waals surface area contributed by atoms with E-state index in [1.165, 1.54) is 0 Å². The van der Waals surface area contributed by atoms with Gasteiger partial charge in [-0.25, -0.2) is 0 Å². The highest BCUT2D eigenvalue weighted by Crippen LogP contribution is 2.26. The summed E-state index contributed by atoms with van der Waals surface area (Å²) < 4.78 is 39.8. The first-order valence-electron chi connectivity index (χ1n) is 6.27. The van der Waals surface area contributed by atoms with E-state index in [0.29, 0.717) is 25.1 Å². The maximum Gasteiger partial charge on any atom is 0.522 e. The molecule has 1 aliphatic heterocycles. The molecule has 7 heteroatoms. The monoisotopic (exact) mass is 288 g/mol. The summed E-state index contributed by atoms with van der Waals surface area (Å²) in [7, 11) is 0.